The van der Waals surface area contributed by atoms with Gasteiger partial charge in [0.05, 0.1) is 46.1 Å². The molecule has 1 fully saturated rings. The van der Waals surface area contributed by atoms with E-state index in [9.17, 15) is 0 Å². The Hall–Kier alpha value is -2.19. The van der Waals surface area contributed by atoms with E-state index < -0.39 is 0 Å². The molecule has 1 aromatic rings. The number of benzene rings is 1. The Kier molecular flexibility index (Phi) is 10.4. The SMILES string of the molecule is CCNC(=NCc1c(OC)cc(OC)cc1OC)NCCCOCC1CCCO1. The van der Waals surface area contributed by atoms with Crippen LogP contribution < -0.4 is 24.8 Å². The van der Waals surface area contributed by atoms with Crippen LogP contribution in [0.3, 0.4) is 0 Å². The lowest BCUT2D eigenvalue weighted by atomic mass is 10.1. The third kappa shape index (κ3) is 7.62. The minimum Gasteiger partial charge on any atom is -0.496 e. The number of guanidine groups is 1. The van der Waals surface area contributed by atoms with Gasteiger partial charge in [-0.15, -0.1) is 0 Å². The minimum absolute atomic E-state index is 0.274. The molecule has 8 nitrogen and oxygen atoms in total. The smallest absolute Gasteiger partial charge is 0.191 e. The van der Waals surface area contributed by atoms with Crippen molar-refractivity contribution in [3.63, 3.8) is 0 Å². The summed E-state index contributed by atoms with van der Waals surface area (Å²) in [5.41, 5.74) is 0.868. The monoisotopic (exact) mass is 409 g/mol. The average molecular weight is 410 g/mol. The van der Waals surface area contributed by atoms with Gasteiger partial charge in [-0.1, -0.05) is 0 Å². The van der Waals surface area contributed by atoms with E-state index in [1.807, 2.05) is 19.1 Å². The molecule has 0 amide bonds. The van der Waals surface area contributed by atoms with Crippen molar-refractivity contribution in [3.8, 4) is 17.2 Å². The van der Waals surface area contributed by atoms with Crippen LogP contribution in [0.1, 0.15) is 31.7 Å². The maximum atomic E-state index is 5.70. The van der Waals surface area contributed by atoms with Gasteiger partial charge in [0.15, 0.2) is 5.96 Å². The Balaban J connectivity index is 1.86. The maximum Gasteiger partial charge on any atom is 0.191 e. The molecule has 2 N–H and O–H groups in total. The maximum absolute atomic E-state index is 5.70. The third-order valence-electron chi connectivity index (χ3n) is 4.64. The van der Waals surface area contributed by atoms with Crippen molar-refractivity contribution >= 4 is 5.96 Å². The van der Waals surface area contributed by atoms with Gasteiger partial charge in [-0.25, -0.2) is 4.99 Å². The molecule has 1 aliphatic heterocycles. The zero-order chi connectivity index (χ0) is 20.9. The van der Waals surface area contributed by atoms with Gasteiger partial charge in [-0.2, -0.15) is 0 Å². The molecule has 0 radical (unpaired) electrons. The van der Waals surface area contributed by atoms with Crippen molar-refractivity contribution < 1.29 is 23.7 Å². The summed E-state index contributed by atoms with van der Waals surface area (Å²) in [7, 11) is 4.87. The molecular weight excluding hydrogens is 374 g/mol. The van der Waals surface area contributed by atoms with Crippen LogP contribution in [0.4, 0.5) is 0 Å². The Labute approximate surface area is 173 Å². The van der Waals surface area contributed by atoms with Crippen molar-refractivity contribution in [2.24, 2.45) is 4.99 Å². The predicted molar refractivity (Wildman–Crippen MR) is 113 cm³/mol. The summed E-state index contributed by atoms with van der Waals surface area (Å²) in [6, 6.07) is 3.66. The summed E-state index contributed by atoms with van der Waals surface area (Å²) in [5.74, 6) is 2.79. The number of hydrogen-bond donors (Lipinski definition) is 2. The molecule has 0 bridgehead atoms. The van der Waals surface area contributed by atoms with Gasteiger partial charge in [0.2, 0.25) is 0 Å². The fourth-order valence-electron chi connectivity index (χ4n) is 3.11. The molecule has 2 rings (SSSR count). The number of hydrogen-bond acceptors (Lipinski definition) is 6. The first kappa shape index (κ1) is 23.1. The van der Waals surface area contributed by atoms with E-state index in [2.05, 4.69) is 15.6 Å². The minimum atomic E-state index is 0.274. The van der Waals surface area contributed by atoms with Crippen LogP contribution in [-0.2, 0) is 16.0 Å². The van der Waals surface area contributed by atoms with Crippen LogP contribution in [0.15, 0.2) is 17.1 Å². The standard InChI is InChI=1S/C21H35N3O5/c1-5-22-21(23-9-7-10-28-15-16-8-6-11-29-16)24-14-18-19(26-3)12-17(25-2)13-20(18)27-4/h12-13,16H,5-11,14-15H2,1-4H3,(H2,22,23,24). The van der Waals surface area contributed by atoms with Crippen LogP contribution in [0.2, 0.25) is 0 Å². The van der Waals surface area contributed by atoms with Crippen LogP contribution in [0, 0.1) is 0 Å². The van der Waals surface area contributed by atoms with Gasteiger partial charge in [-0.05, 0) is 26.2 Å². The summed E-state index contributed by atoms with van der Waals surface area (Å²) >= 11 is 0. The van der Waals surface area contributed by atoms with Crippen molar-refractivity contribution in [2.75, 3.05) is 54.2 Å². The molecule has 0 saturated carbocycles. The molecule has 1 unspecified atom stereocenters. The van der Waals surface area contributed by atoms with Gasteiger partial charge in [0.1, 0.15) is 17.2 Å². The van der Waals surface area contributed by atoms with E-state index in [-0.39, 0.29) is 6.10 Å². The van der Waals surface area contributed by atoms with E-state index in [1.54, 1.807) is 21.3 Å². The summed E-state index contributed by atoms with van der Waals surface area (Å²) in [5, 5.41) is 6.60. The highest BCUT2D eigenvalue weighted by atomic mass is 16.5. The summed E-state index contributed by atoms with van der Waals surface area (Å²) in [6.45, 7) is 6.25. The quantitative estimate of drug-likeness (QED) is 0.311. The van der Waals surface area contributed by atoms with E-state index in [0.717, 1.165) is 50.5 Å². The molecule has 1 atom stereocenters. The molecule has 0 aromatic heterocycles. The fourth-order valence-corrected chi connectivity index (χ4v) is 3.11. The van der Waals surface area contributed by atoms with Crippen molar-refractivity contribution in [2.45, 2.75) is 38.8 Å². The Morgan fingerprint density at radius 1 is 1.14 bits per heavy atom. The molecule has 0 aliphatic carbocycles. The van der Waals surface area contributed by atoms with E-state index in [0.29, 0.717) is 37.0 Å². The second kappa shape index (κ2) is 13.1. The Morgan fingerprint density at radius 3 is 2.48 bits per heavy atom. The average Bonchev–Trinajstić information content (AvgIpc) is 3.27. The molecule has 8 heteroatoms. The first-order valence-electron chi connectivity index (χ1n) is 10.2. The Morgan fingerprint density at radius 2 is 1.90 bits per heavy atom. The second-order valence-corrected chi connectivity index (χ2v) is 6.70. The van der Waals surface area contributed by atoms with Crippen LogP contribution in [-0.4, -0.2) is 66.3 Å². The van der Waals surface area contributed by atoms with Gasteiger partial charge < -0.3 is 34.3 Å². The lowest BCUT2D eigenvalue weighted by Crippen LogP contribution is -2.38. The third-order valence-corrected chi connectivity index (χ3v) is 4.64. The summed E-state index contributed by atoms with van der Waals surface area (Å²) in [4.78, 5) is 4.67. The summed E-state index contributed by atoms with van der Waals surface area (Å²) in [6.07, 6.45) is 3.42. The highest BCUT2D eigenvalue weighted by molar-refractivity contribution is 5.79. The Bertz CT molecular complexity index is 608. The normalized spacial score (nSPS) is 16.6. The summed E-state index contributed by atoms with van der Waals surface area (Å²) < 4.78 is 27.5. The zero-order valence-corrected chi connectivity index (χ0v) is 18.1. The molecule has 1 heterocycles. The second-order valence-electron chi connectivity index (χ2n) is 6.70. The van der Waals surface area contributed by atoms with Crippen molar-refractivity contribution in [1.29, 1.82) is 0 Å². The molecule has 164 valence electrons. The number of methoxy groups -OCH3 is 3. The first-order valence-corrected chi connectivity index (χ1v) is 10.2. The van der Waals surface area contributed by atoms with E-state index >= 15 is 0 Å². The highest BCUT2D eigenvalue weighted by Crippen LogP contribution is 2.34. The van der Waals surface area contributed by atoms with Crippen molar-refractivity contribution in [1.82, 2.24) is 10.6 Å². The van der Waals surface area contributed by atoms with Crippen LogP contribution in [0.5, 0.6) is 17.2 Å². The van der Waals surface area contributed by atoms with E-state index in [4.69, 9.17) is 23.7 Å². The molecule has 1 saturated heterocycles. The predicted octanol–water partition coefficient (Wildman–Crippen LogP) is 2.35. The fraction of sp³-hybridized carbons (Fsp3) is 0.667. The van der Waals surface area contributed by atoms with Crippen molar-refractivity contribution in [3.05, 3.63) is 17.7 Å². The molecule has 0 spiro atoms. The lowest BCUT2D eigenvalue weighted by Gasteiger charge is -2.15. The lowest BCUT2D eigenvalue weighted by molar-refractivity contribution is 0.0168. The van der Waals surface area contributed by atoms with Gasteiger partial charge in [0, 0.05) is 38.4 Å². The van der Waals surface area contributed by atoms with Gasteiger partial charge >= 0.3 is 0 Å². The zero-order valence-electron chi connectivity index (χ0n) is 18.1. The molecule has 29 heavy (non-hydrogen) atoms. The highest BCUT2D eigenvalue weighted by Gasteiger charge is 2.15. The molecular formula is C21H35N3O5. The molecule has 1 aromatic carbocycles. The topological polar surface area (TPSA) is 82.6 Å². The number of nitrogens with one attached hydrogen (secondary N) is 2. The van der Waals surface area contributed by atoms with Crippen LogP contribution in [0.25, 0.3) is 0 Å². The number of aliphatic imine (C=N–C) groups is 1. The number of ether oxygens (including phenoxy) is 5. The molecule has 1 aliphatic rings. The van der Waals surface area contributed by atoms with Gasteiger partial charge in [-0.3, -0.25) is 0 Å². The largest absolute Gasteiger partial charge is 0.496 e. The van der Waals surface area contributed by atoms with Crippen LogP contribution >= 0.6 is 0 Å². The van der Waals surface area contributed by atoms with Gasteiger partial charge in [0.25, 0.3) is 0 Å². The number of rotatable bonds is 12. The first-order chi connectivity index (χ1) is 14.2. The number of nitrogens with zero attached hydrogens (tertiary/aromatic N) is 1. The van der Waals surface area contributed by atoms with E-state index in [1.165, 1.54) is 0 Å².